The summed E-state index contributed by atoms with van der Waals surface area (Å²) in [6, 6.07) is 2.24. The van der Waals surface area contributed by atoms with Crippen LogP contribution in [0.4, 0.5) is 0 Å². The van der Waals surface area contributed by atoms with Gasteiger partial charge in [-0.2, -0.15) is 0 Å². The largest absolute Gasteiger partial charge is 0.480 e. The monoisotopic (exact) mass is 207 g/mol. The van der Waals surface area contributed by atoms with E-state index in [2.05, 4.69) is 9.97 Å². The quantitative estimate of drug-likeness (QED) is 0.762. The first-order chi connectivity index (χ1) is 7.25. The van der Waals surface area contributed by atoms with E-state index in [9.17, 15) is 4.79 Å². The van der Waals surface area contributed by atoms with E-state index < -0.39 is 5.97 Å². The van der Waals surface area contributed by atoms with Crippen LogP contribution in [0, 0.1) is 0 Å². The van der Waals surface area contributed by atoms with Gasteiger partial charge in [0.2, 0.25) is 0 Å². The molecule has 80 valence electrons. The van der Waals surface area contributed by atoms with Gasteiger partial charge in [0.05, 0.1) is 12.2 Å². The zero-order valence-electron chi connectivity index (χ0n) is 8.33. The molecule has 0 spiro atoms. The molecule has 1 saturated carbocycles. The molecule has 0 unspecified atom stereocenters. The second kappa shape index (κ2) is 4.35. The number of carboxylic acids is 1. The lowest BCUT2D eigenvalue weighted by Gasteiger charge is -2.18. The summed E-state index contributed by atoms with van der Waals surface area (Å²) in [5.41, 5.74) is 0.873. The number of nitrogens with zero attached hydrogens (tertiary/aromatic N) is 3. The van der Waals surface area contributed by atoms with Crippen molar-refractivity contribution in [2.75, 3.05) is 6.54 Å². The molecule has 1 N–H and O–H groups in total. The van der Waals surface area contributed by atoms with Gasteiger partial charge in [-0.25, -0.2) is 9.97 Å². The lowest BCUT2D eigenvalue weighted by Crippen LogP contribution is -2.31. The highest BCUT2D eigenvalue weighted by Crippen LogP contribution is 2.27. The van der Waals surface area contributed by atoms with Gasteiger partial charge in [-0.05, 0) is 18.9 Å². The zero-order valence-corrected chi connectivity index (χ0v) is 8.33. The van der Waals surface area contributed by atoms with Crippen LogP contribution in [0.1, 0.15) is 18.5 Å². The summed E-state index contributed by atoms with van der Waals surface area (Å²) in [5.74, 6) is -0.782. The molecule has 1 aliphatic carbocycles. The maximum atomic E-state index is 10.7. The van der Waals surface area contributed by atoms with Gasteiger partial charge in [-0.15, -0.1) is 0 Å². The van der Waals surface area contributed by atoms with Gasteiger partial charge in [-0.1, -0.05) is 0 Å². The molecule has 0 amide bonds. The Balaban J connectivity index is 1.97. The van der Waals surface area contributed by atoms with Gasteiger partial charge in [0, 0.05) is 18.8 Å². The second-order valence-electron chi connectivity index (χ2n) is 3.73. The lowest BCUT2D eigenvalue weighted by molar-refractivity contribution is -0.138. The summed E-state index contributed by atoms with van der Waals surface area (Å²) in [4.78, 5) is 20.5. The summed E-state index contributed by atoms with van der Waals surface area (Å²) >= 11 is 0. The average molecular weight is 207 g/mol. The van der Waals surface area contributed by atoms with E-state index in [-0.39, 0.29) is 6.54 Å². The third-order valence-corrected chi connectivity index (χ3v) is 2.41. The Morgan fingerprint density at radius 2 is 2.40 bits per heavy atom. The SMILES string of the molecule is O=C(O)CN(Cc1ccncn1)C1CC1. The molecule has 5 nitrogen and oxygen atoms in total. The Hall–Kier alpha value is -1.49. The summed E-state index contributed by atoms with van der Waals surface area (Å²) in [7, 11) is 0. The molecule has 1 heterocycles. The van der Waals surface area contributed by atoms with E-state index in [1.54, 1.807) is 6.20 Å². The number of hydrogen-bond donors (Lipinski definition) is 1. The van der Waals surface area contributed by atoms with Crippen LogP contribution in [0.3, 0.4) is 0 Å². The lowest BCUT2D eigenvalue weighted by atomic mass is 10.3. The molecule has 15 heavy (non-hydrogen) atoms. The van der Waals surface area contributed by atoms with Crippen LogP contribution in [0.25, 0.3) is 0 Å². The summed E-state index contributed by atoms with van der Waals surface area (Å²) < 4.78 is 0. The maximum absolute atomic E-state index is 10.7. The summed E-state index contributed by atoms with van der Waals surface area (Å²) in [5, 5.41) is 8.76. The van der Waals surface area contributed by atoms with Crippen LogP contribution in [-0.2, 0) is 11.3 Å². The predicted octanol–water partition coefficient (Wildman–Crippen LogP) is 0.526. The van der Waals surface area contributed by atoms with Crippen LogP contribution >= 0.6 is 0 Å². The molecule has 0 saturated heterocycles. The van der Waals surface area contributed by atoms with E-state index >= 15 is 0 Å². The normalized spacial score (nSPS) is 15.5. The molecule has 0 bridgehead atoms. The number of aromatic nitrogens is 2. The number of carboxylic acid groups (broad SMARTS) is 1. The maximum Gasteiger partial charge on any atom is 0.317 e. The molecule has 5 heteroatoms. The van der Waals surface area contributed by atoms with Crippen LogP contribution in [-0.4, -0.2) is 38.5 Å². The predicted molar refractivity (Wildman–Crippen MR) is 53.1 cm³/mol. The third-order valence-electron chi connectivity index (χ3n) is 2.41. The fraction of sp³-hybridized carbons (Fsp3) is 0.500. The molecule has 1 aromatic rings. The first-order valence-corrected chi connectivity index (χ1v) is 4.96. The minimum Gasteiger partial charge on any atom is -0.480 e. The molecule has 2 rings (SSSR count). The first kappa shape index (κ1) is 10.0. The van der Waals surface area contributed by atoms with Gasteiger partial charge < -0.3 is 5.11 Å². The van der Waals surface area contributed by atoms with Crippen molar-refractivity contribution in [2.24, 2.45) is 0 Å². The van der Waals surface area contributed by atoms with Crippen molar-refractivity contribution < 1.29 is 9.90 Å². The van der Waals surface area contributed by atoms with Crippen molar-refractivity contribution in [3.05, 3.63) is 24.3 Å². The van der Waals surface area contributed by atoms with Gasteiger partial charge in [0.1, 0.15) is 6.33 Å². The fourth-order valence-electron chi connectivity index (χ4n) is 1.55. The van der Waals surface area contributed by atoms with Gasteiger partial charge in [0.15, 0.2) is 0 Å². The van der Waals surface area contributed by atoms with Crippen LogP contribution in [0.2, 0.25) is 0 Å². The summed E-state index contributed by atoms with van der Waals surface area (Å²) in [6.45, 7) is 0.689. The first-order valence-electron chi connectivity index (χ1n) is 4.96. The van der Waals surface area contributed by atoms with Crippen molar-refractivity contribution in [3.8, 4) is 0 Å². The molecule has 1 fully saturated rings. The van der Waals surface area contributed by atoms with Crippen LogP contribution in [0.15, 0.2) is 18.6 Å². The molecule has 0 atom stereocenters. The molecular weight excluding hydrogens is 194 g/mol. The number of aliphatic carboxylic acids is 1. The smallest absolute Gasteiger partial charge is 0.317 e. The fourth-order valence-corrected chi connectivity index (χ4v) is 1.55. The highest BCUT2D eigenvalue weighted by Gasteiger charge is 2.30. The van der Waals surface area contributed by atoms with Gasteiger partial charge >= 0.3 is 5.97 Å². The summed E-state index contributed by atoms with van der Waals surface area (Å²) in [6.07, 6.45) is 5.35. The van der Waals surface area contributed by atoms with Gasteiger partial charge in [0.25, 0.3) is 0 Å². The number of carbonyl (C=O) groups is 1. The topological polar surface area (TPSA) is 66.3 Å². The van der Waals surface area contributed by atoms with E-state index in [4.69, 9.17) is 5.11 Å². The molecular formula is C10H13N3O2. The molecule has 1 aromatic heterocycles. The minimum absolute atomic E-state index is 0.0919. The average Bonchev–Trinajstić information content (AvgIpc) is 3.01. The Kier molecular flexibility index (Phi) is 2.91. The zero-order chi connectivity index (χ0) is 10.7. The van der Waals surface area contributed by atoms with E-state index in [0.717, 1.165) is 18.5 Å². The standard InChI is InChI=1S/C10H13N3O2/c14-10(15)6-13(9-1-2-9)5-8-3-4-11-7-12-8/h3-4,7,9H,1-2,5-6H2,(H,14,15). The Morgan fingerprint density at radius 1 is 1.60 bits per heavy atom. The highest BCUT2D eigenvalue weighted by atomic mass is 16.4. The Labute approximate surface area is 87.8 Å². The van der Waals surface area contributed by atoms with Crippen molar-refractivity contribution in [3.63, 3.8) is 0 Å². The number of hydrogen-bond acceptors (Lipinski definition) is 4. The molecule has 0 aromatic carbocycles. The van der Waals surface area contributed by atoms with E-state index in [1.807, 2.05) is 11.0 Å². The second-order valence-corrected chi connectivity index (χ2v) is 3.73. The van der Waals surface area contributed by atoms with Crippen LogP contribution in [0.5, 0.6) is 0 Å². The van der Waals surface area contributed by atoms with Crippen molar-refractivity contribution in [1.82, 2.24) is 14.9 Å². The van der Waals surface area contributed by atoms with E-state index in [1.165, 1.54) is 6.33 Å². The van der Waals surface area contributed by atoms with E-state index in [0.29, 0.717) is 12.6 Å². The van der Waals surface area contributed by atoms with Crippen molar-refractivity contribution >= 4 is 5.97 Å². The Morgan fingerprint density at radius 3 is 2.93 bits per heavy atom. The molecule has 1 aliphatic rings. The molecule has 0 aliphatic heterocycles. The molecule has 0 radical (unpaired) electrons. The van der Waals surface area contributed by atoms with Crippen molar-refractivity contribution in [1.29, 1.82) is 0 Å². The van der Waals surface area contributed by atoms with Crippen LogP contribution < -0.4 is 0 Å². The minimum atomic E-state index is -0.782. The van der Waals surface area contributed by atoms with Gasteiger partial charge in [-0.3, -0.25) is 9.69 Å². The Bertz CT molecular complexity index is 338. The van der Waals surface area contributed by atoms with Crippen molar-refractivity contribution in [2.45, 2.75) is 25.4 Å². The highest BCUT2D eigenvalue weighted by molar-refractivity contribution is 5.69. The third kappa shape index (κ3) is 2.99. The number of rotatable bonds is 5.